The molecule has 0 atom stereocenters. The van der Waals surface area contributed by atoms with E-state index in [1.807, 2.05) is 0 Å². The van der Waals surface area contributed by atoms with E-state index in [4.69, 9.17) is 5.11 Å². The summed E-state index contributed by atoms with van der Waals surface area (Å²) in [6, 6.07) is 2.88. The van der Waals surface area contributed by atoms with Gasteiger partial charge in [-0.25, -0.2) is 0 Å². The number of hydrogen-bond acceptors (Lipinski definition) is 3. The van der Waals surface area contributed by atoms with Crippen LogP contribution in [0.5, 0.6) is 5.75 Å². The maximum absolute atomic E-state index is 11.1. The Labute approximate surface area is 69.1 Å². The Morgan fingerprint density at radius 1 is 1.58 bits per heavy atom. The van der Waals surface area contributed by atoms with Gasteiger partial charge in [0.1, 0.15) is 6.29 Å². The lowest BCUT2D eigenvalue weighted by molar-refractivity contribution is -0.108. The Morgan fingerprint density at radius 3 is 3.00 bits per heavy atom. The molecule has 1 aromatic heterocycles. The number of rotatable bonds is 3. The highest BCUT2D eigenvalue weighted by atomic mass is 16.3. The molecule has 0 unspecified atom stereocenters. The Balaban J connectivity index is 2.92. The van der Waals surface area contributed by atoms with E-state index in [1.165, 1.54) is 16.8 Å². The van der Waals surface area contributed by atoms with E-state index < -0.39 is 5.56 Å². The number of carbonyl (C=O) groups is 1. The third kappa shape index (κ3) is 1.72. The number of nitrogens with zero attached hydrogens (tertiary/aromatic N) is 1. The maximum atomic E-state index is 11.1. The zero-order valence-electron chi connectivity index (χ0n) is 6.43. The first-order valence-corrected chi connectivity index (χ1v) is 3.58. The highest BCUT2D eigenvalue weighted by molar-refractivity contribution is 5.48. The molecular formula is C8H9NO3. The lowest BCUT2D eigenvalue weighted by Crippen LogP contribution is -2.18. The van der Waals surface area contributed by atoms with Gasteiger partial charge in [-0.2, -0.15) is 0 Å². The SMILES string of the molecule is O=CCCn1cccc(O)c1=O. The summed E-state index contributed by atoms with van der Waals surface area (Å²) in [6.45, 7) is 0.316. The molecular weight excluding hydrogens is 158 g/mol. The number of aromatic nitrogens is 1. The van der Waals surface area contributed by atoms with Crippen molar-refractivity contribution >= 4 is 6.29 Å². The van der Waals surface area contributed by atoms with Crippen molar-refractivity contribution < 1.29 is 9.90 Å². The molecule has 1 heterocycles. The fraction of sp³-hybridized carbons (Fsp3) is 0.250. The van der Waals surface area contributed by atoms with Gasteiger partial charge in [0.15, 0.2) is 5.75 Å². The molecule has 0 radical (unpaired) electrons. The van der Waals surface area contributed by atoms with Crippen LogP contribution in [0.2, 0.25) is 0 Å². The maximum Gasteiger partial charge on any atom is 0.292 e. The van der Waals surface area contributed by atoms with E-state index in [2.05, 4.69) is 0 Å². The summed E-state index contributed by atoms with van der Waals surface area (Å²) < 4.78 is 1.30. The topological polar surface area (TPSA) is 59.3 Å². The van der Waals surface area contributed by atoms with Gasteiger partial charge in [0.05, 0.1) is 0 Å². The molecule has 0 saturated heterocycles. The van der Waals surface area contributed by atoms with Gasteiger partial charge in [0.2, 0.25) is 0 Å². The Bertz CT molecular complexity index is 329. The Morgan fingerprint density at radius 2 is 2.33 bits per heavy atom. The summed E-state index contributed by atoms with van der Waals surface area (Å²) in [4.78, 5) is 21.1. The zero-order chi connectivity index (χ0) is 8.97. The van der Waals surface area contributed by atoms with Crippen LogP contribution in [0.15, 0.2) is 23.1 Å². The lowest BCUT2D eigenvalue weighted by Gasteiger charge is -2.01. The smallest absolute Gasteiger partial charge is 0.292 e. The van der Waals surface area contributed by atoms with E-state index in [0.29, 0.717) is 6.54 Å². The quantitative estimate of drug-likeness (QED) is 0.651. The third-order valence-corrected chi connectivity index (χ3v) is 1.49. The zero-order valence-corrected chi connectivity index (χ0v) is 6.43. The molecule has 1 rings (SSSR count). The third-order valence-electron chi connectivity index (χ3n) is 1.49. The van der Waals surface area contributed by atoms with Crippen molar-refractivity contribution in [2.45, 2.75) is 13.0 Å². The predicted octanol–water partition coefficient (Wildman–Crippen LogP) is 0.143. The van der Waals surface area contributed by atoms with Crippen LogP contribution in [0, 0.1) is 0 Å². The molecule has 12 heavy (non-hydrogen) atoms. The Hall–Kier alpha value is -1.58. The molecule has 4 nitrogen and oxygen atoms in total. The van der Waals surface area contributed by atoms with E-state index in [-0.39, 0.29) is 12.2 Å². The Kier molecular flexibility index (Phi) is 2.63. The van der Waals surface area contributed by atoms with Gasteiger partial charge in [-0.1, -0.05) is 0 Å². The molecule has 1 aromatic rings. The molecule has 0 bridgehead atoms. The predicted molar refractivity (Wildman–Crippen MR) is 43.0 cm³/mol. The first-order chi connectivity index (χ1) is 5.75. The first-order valence-electron chi connectivity index (χ1n) is 3.58. The molecule has 0 aliphatic carbocycles. The van der Waals surface area contributed by atoms with Gasteiger partial charge >= 0.3 is 0 Å². The van der Waals surface area contributed by atoms with E-state index in [9.17, 15) is 9.59 Å². The molecule has 64 valence electrons. The van der Waals surface area contributed by atoms with Gasteiger partial charge in [-0.05, 0) is 12.1 Å². The van der Waals surface area contributed by atoms with E-state index in [1.54, 1.807) is 6.07 Å². The fourth-order valence-corrected chi connectivity index (χ4v) is 0.892. The van der Waals surface area contributed by atoms with Gasteiger partial charge < -0.3 is 14.5 Å². The summed E-state index contributed by atoms with van der Waals surface area (Å²) in [5.41, 5.74) is -0.459. The van der Waals surface area contributed by atoms with Crippen LogP contribution >= 0.6 is 0 Å². The number of hydrogen-bond donors (Lipinski definition) is 1. The van der Waals surface area contributed by atoms with E-state index >= 15 is 0 Å². The number of carbonyl (C=O) groups excluding carboxylic acids is 1. The minimum absolute atomic E-state index is 0.281. The molecule has 0 amide bonds. The molecule has 1 N–H and O–H groups in total. The van der Waals surface area contributed by atoms with Crippen molar-refractivity contribution in [3.63, 3.8) is 0 Å². The summed E-state index contributed by atoms with van der Waals surface area (Å²) in [5, 5.41) is 8.98. The second-order valence-corrected chi connectivity index (χ2v) is 2.35. The van der Waals surface area contributed by atoms with Crippen molar-refractivity contribution in [2.75, 3.05) is 0 Å². The van der Waals surface area contributed by atoms with Gasteiger partial charge in [-0.15, -0.1) is 0 Å². The molecule has 0 fully saturated rings. The van der Waals surface area contributed by atoms with Crippen molar-refractivity contribution in [3.05, 3.63) is 28.7 Å². The van der Waals surface area contributed by atoms with Crippen LogP contribution in [0.4, 0.5) is 0 Å². The van der Waals surface area contributed by atoms with Gasteiger partial charge in [0, 0.05) is 19.2 Å². The fourth-order valence-electron chi connectivity index (χ4n) is 0.892. The van der Waals surface area contributed by atoms with Crippen LogP contribution in [0.25, 0.3) is 0 Å². The second-order valence-electron chi connectivity index (χ2n) is 2.35. The van der Waals surface area contributed by atoms with Crippen molar-refractivity contribution in [1.29, 1.82) is 0 Å². The number of aldehydes is 1. The molecule has 0 spiro atoms. The number of pyridine rings is 1. The monoisotopic (exact) mass is 167 g/mol. The van der Waals surface area contributed by atoms with Gasteiger partial charge in [-0.3, -0.25) is 4.79 Å². The highest BCUT2D eigenvalue weighted by Crippen LogP contribution is 1.97. The molecule has 0 aliphatic rings. The van der Waals surface area contributed by atoms with Crippen molar-refractivity contribution in [2.24, 2.45) is 0 Å². The minimum Gasteiger partial charge on any atom is -0.503 e. The highest BCUT2D eigenvalue weighted by Gasteiger charge is 1.98. The van der Waals surface area contributed by atoms with Crippen LogP contribution in [-0.2, 0) is 11.3 Å². The van der Waals surface area contributed by atoms with Gasteiger partial charge in [0.25, 0.3) is 5.56 Å². The standard InChI is InChI=1S/C8H9NO3/c10-6-2-5-9-4-1-3-7(11)8(9)12/h1,3-4,6,11H,2,5H2. The first kappa shape index (κ1) is 8.52. The largest absolute Gasteiger partial charge is 0.503 e. The molecule has 0 saturated carbocycles. The summed E-state index contributed by atoms with van der Waals surface area (Å²) in [6.07, 6.45) is 2.55. The van der Waals surface area contributed by atoms with Crippen LogP contribution < -0.4 is 5.56 Å². The van der Waals surface area contributed by atoms with Crippen molar-refractivity contribution in [1.82, 2.24) is 4.57 Å². The number of aryl methyl sites for hydroxylation is 1. The molecule has 4 heteroatoms. The van der Waals surface area contributed by atoms with Crippen molar-refractivity contribution in [3.8, 4) is 5.75 Å². The van der Waals surface area contributed by atoms with E-state index in [0.717, 1.165) is 6.29 Å². The minimum atomic E-state index is -0.459. The second kappa shape index (κ2) is 3.71. The summed E-state index contributed by atoms with van der Waals surface area (Å²) in [5.74, 6) is -0.289. The lowest BCUT2D eigenvalue weighted by atomic mass is 10.4. The summed E-state index contributed by atoms with van der Waals surface area (Å²) in [7, 11) is 0. The van der Waals surface area contributed by atoms with Crippen LogP contribution in [-0.4, -0.2) is 16.0 Å². The number of aromatic hydroxyl groups is 1. The average Bonchev–Trinajstić information content (AvgIpc) is 2.08. The van der Waals surface area contributed by atoms with Crippen LogP contribution in [0.3, 0.4) is 0 Å². The summed E-state index contributed by atoms with van der Waals surface area (Å²) >= 11 is 0. The normalized spacial score (nSPS) is 9.67. The van der Waals surface area contributed by atoms with Crippen LogP contribution in [0.1, 0.15) is 6.42 Å². The molecule has 0 aliphatic heterocycles. The average molecular weight is 167 g/mol. The molecule has 0 aromatic carbocycles.